The van der Waals surface area contributed by atoms with Crippen LogP contribution in [-0.2, 0) is 24.9 Å². The monoisotopic (exact) mass is 294 g/mol. The number of rotatable bonds is 6. The van der Waals surface area contributed by atoms with Crippen LogP contribution >= 0.6 is 14.5 Å². The van der Waals surface area contributed by atoms with Gasteiger partial charge in [0.25, 0.3) is 0 Å². The van der Waals surface area contributed by atoms with Crippen LogP contribution in [0.3, 0.4) is 0 Å². The molecule has 7 nitrogen and oxygen atoms in total. The largest absolute Gasteiger partial charge is 0.740 e. The Hall–Kier alpha value is 0.640. The Labute approximate surface area is 97.8 Å². The summed E-state index contributed by atoms with van der Waals surface area (Å²) in [6.45, 7) is 1.42. The van der Waals surface area contributed by atoms with Crippen molar-refractivity contribution in [2.45, 2.75) is 32.4 Å². The molecule has 0 heterocycles. The molecule has 10 heteroatoms. The molecule has 16 heavy (non-hydrogen) atoms. The molecule has 98 valence electrons. The first kappa shape index (κ1) is 16.6. The molecule has 0 aliphatic carbocycles. The van der Waals surface area contributed by atoms with Crippen LogP contribution in [0.2, 0.25) is 0 Å². The standard InChI is InChI=1S/C6H16O7P2S/c1-5(2)4-6(3)16-15(10,11)13-12-14(7,8)9/h5-6H,4H2,1-3H3,(H3-,7,8,9,10,11). The minimum Gasteiger partial charge on any atom is -0.740 e. The van der Waals surface area contributed by atoms with E-state index in [9.17, 15) is 14.4 Å². The van der Waals surface area contributed by atoms with Gasteiger partial charge in [0.1, 0.15) is 0 Å². The van der Waals surface area contributed by atoms with E-state index in [2.05, 4.69) is 9.35 Å². The molecule has 0 fully saturated rings. The van der Waals surface area contributed by atoms with Gasteiger partial charge in [-0.05, 0) is 12.8 Å². The highest BCUT2D eigenvalue weighted by molar-refractivity contribution is 8.16. The first-order valence-corrected chi connectivity index (χ1v) is 9.06. The summed E-state index contributed by atoms with van der Waals surface area (Å²) in [5, 5.41) is -0.184. The fraction of sp³-hybridized carbons (Fsp3) is 1.00. The van der Waals surface area contributed by atoms with Gasteiger partial charge in [0.15, 0.2) is 16.2 Å². The summed E-state index contributed by atoms with van der Waals surface area (Å²) in [7, 11) is -4.31. The predicted octanol–water partition coefficient (Wildman–Crippen LogP) is 0.575. The Bertz CT molecular complexity index is 306. The van der Waals surface area contributed by atoms with Gasteiger partial charge in [-0.25, -0.2) is 4.57 Å². The summed E-state index contributed by atoms with van der Waals surface area (Å²) in [6, 6.07) is 0. The molecule has 0 aromatic carbocycles. The van der Waals surface area contributed by atoms with E-state index >= 15 is 0 Å². The number of phosphoric acid groups is 1. The normalized spacial score (nSPS) is 18.2. The first-order valence-electron chi connectivity index (χ1n) is 4.46. The maximum atomic E-state index is 11.3. The van der Waals surface area contributed by atoms with Crippen LogP contribution in [0.1, 0.15) is 27.2 Å². The topological polar surface area (TPSA) is 119 Å². The molecule has 0 aliphatic heterocycles. The molecule has 2 atom stereocenters. The second kappa shape index (κ2) is 6.54. The van der Waals surface area contributed by atoms with Gasteiger partial charge in [-0.15, -0.1) is 9.35 Å². The highest BCUT2D eigenvalue weighted by Gasteiger charge is 2.26. The molecule has 0 saturated heterocycles. The van der Waals surface area contributed by atoms with E-state index in [1.54, 1.807) is 6.92 Å². The van der Waals surface area contributed by atoms with Gasteiger partial charge < -0.3 is 19.6 Å². The van der Waals surface area contributed by atoms with E-state index in [4.69, 9.17) is 9.79 Å². The fourth-order valence-electron chi connectivity index (χ4n) is 1.04. The molecule has 0 saturated carbocycles. The molecule has 0 aromatic heterocycles. The lowest BCUT2D eigenvalue weighted by atomic mass is 10.1. The summed E-state index contributed by atoms with van der Waals surface area (Å²) < 4.78 is 17.6. The summed E-state index contributed by atoms with van der Waals surface area (Å²) >= 11 is 0. The van der Waals surface area contributed by atoms with Gasteiger partial charge in [-0.2, -0.15) is 0 Å². The van der Waals surface area contributed by atoms with Gasteiger partial charge in [0.05, 0.1) is 0 Å². The van der Waals surface area contributed by atoms with Crippen LogP contribution in [0.4, 0.5) is 0 Å². The summed E-state index contributed by atoms with van der Waals surface area (Å²) in [5.74, 6) is 0.338. The van der Waals surface area contributed by atoms with Crippen molar-refractivity contribution in [1.29, 1.82) is 0 Å². The molecular formula is C6H16O7P2S. The van der Waals surface area contributed by atoms with Crippen molar-refractivity contribution in [2.24, 2.45) is 5.92 Å². The van der Waals surface area contributed by atoms with Crippen LogP contribution in [0.15, 0.2) is 0 Å². The number of hydrogen-bond acceptors (Lipinski definition) is 4. The van der Waals surface area contributed by atoms with Crippen LogP contribution in [0.5, 0.6) is 0 Å². The van der Waals surface area contributed by atoms with E-state index in [1.165, 1.54) is 0 Å². The average Bonchev–Trinajstić information content (AvgIpc) is 1.96. The molecule has 0 aliphatic rings. The zero-order chi connectivity index (χ0) is 13.0. The molecular weight excluding hydrogens is 278 g/mol. The molecule has 0 bridgehead atoms. The second-order valence-electron chi connectivity index (χ2n) is 3.65. The zero-order valence-electron chi connectivity index (χ0n) is 9.14. The lowest BCUT2D eigenvalue weighted by Gasteiger charge is -2.13. The van der Waals surface area contributed by atoms with Crippen molar-refractivity contribution in [3.8, 4) is 0 Å². The fourth-order valence-corrected chi connectivity index (χ4v) is 4.66. The minimum absolute atomic E-state index is 0.184. The maximum Gasteiger partial charge on any atom is 0.497 e. The Balaban J connectivity index is 4.41. The van der Waals surface area contributed by atoms with Crippen molar-refractivity contribution >= 4 is 25.5 Å². The van der Waals surface area contributed by atoms with Crippen molar-refractivity contribution in [3.05, 3.63) is 0 Å². The van der Waals surface area contributed by atoms with Crippen LogP contribution < -0.4 is 4.89 Å². The molecule has 0 aromatic rings. The van der Waals surface area contributed by atoms with E-state index in [-0.39, 0.29) is 5.25 Å². The molecule has 0 rings (SSSR count). The van der Waals surface area contributed by atoms with Crippen LogP contribution in [0.25, 0.3) is 0 Å². The predicted molar refractivity (Wildman–Crippen MR) is 59.6 cm³/mol. The lowest BCUT2D eigenvalue weighted by Crippen LogP contribution is -2.11. The van der Waals surface area contributed by atoms with E-state index in [1.807, 2.05) is 13.8 Å². The quantitative estimate of drug-likeness (QED) is 0.283. The highest BCUT2D eigenvalue weighted by atomic mass is 32.5. The van der Waals surface area contributed by atoms with E-state index in [0.717, 1.165) is 0 Å². The van der Waals surface area contributed by atoms with E-state index < -0.39 is 14.5 Å². The minimum atomic E-state index is -4.90. The summed E-state index contributed by atoms with van der Waals surface area (Å²) in [6.07, 6.45) is 0.675. The van der Waals surface area contributed by atoms with Crippen molar-refractivity contribution in [1.82, 2.24) is 0 Å². The lowest BCUT2D eigenvalue weighted by molar-refractivity contribution is -0.252. The zero-order valence-corrected chi connectivity index (χ0v) is 11.7. The highest BCUT2D eigenvalue weighted by Crippen LogP contribution is 2.45. The molecule has 0 spiro atoms. The Morgan fingerprint density at radius 1 is 1.25 bits per heavy atom. The average molecular weight is 294 g/mol. The summed E-state index contributed by atoms with van der Waals surface area (Å²) in [5.41, 5.74) is 0. The second-order valence-corrected chi connectivity index (χ2v) is 8.90. The van der Waals surface area contributed by atoms with Gasteiger partial charge in [0, 0.05) is 6.42 Å². The Morgan fingerprint density at radius 3 is 2.12 bits per heavy atom. The third kappa shape index (κ3) is 9.84. The van der Waals surface area contributed by atoms with Crippen LogP contribution in [0, 0.1) is 5.92 Å². The van der Waals surface area contributed by atoms with Gasteiger partial charge >= 0.3 is 14.5 Å². The molecule has 3 N–H and O–H groups in total. The van der Waals surface area contributed by atoms with Crippen molar-refractivity contribution in [3.63, 3.8) is 0 Å². The van der Waals surface area contributed by atoms with Crippen molar-refractivity contribution in [2.75, 3.05) is 0 Å². The Kier molecular flexibility index (Phi) is 6.80. The third-order valence-corrected chi connectivity index (χ3v) is 4.87. The van der Waals surface area contributed by atoms with Crippen LogP contribution in [-0.4, -0.2) is 19.9 Å². The third-order valence-electron chi connectivity index (χ3n) is 1.34. The van der Waals surface area contributed by atoms with Crippen molar-refractivity contribution < 1.29 is 33.5 Å². The number of hydrogen-bond donors (Lipinski definition) is 3. The molecule has 0 radical (unpaired) electrons. The summed E-state index contributed by atoms with van der Waals surface area (Å²) in [4.78, 5) is 37.0. The Morgan fingerprint density at radius 2 is 1.75 bits per heavy atom. The first-order chi connectivity index (χ1) is 7.02. The van der Waals surface area contributed by atoms with E-state index in [0.29, 0.717) is 23.3 Å². The van der Waals surface area contributed by atoms with Gasteiger partial charge in [0.2, 0.25) is 0 Å². The smallest absolute Gasteiger partial charge is 0.497 e. The molecule has 0 amide bonds. The van der Waals surface area contributed by atoms with Gasteiger partial charge in [-0.3, -0.25) is 0 Å². The maximum absolute atomic E-state index is 11.3. The van der Waals surface area contributed by atoms with Gasteiger partial charge in [-0.1, -0.05) is 13.8 Å². The molecule has 2 unspecified atom stereocenters. The SMILES string of the molecule is CC(C)CC(C)[S+]=P([O-])(O)OOP(=O)(O)O.